The van der Waals surface area contributed by atoms with E-state index >= 15 is 0 Å². The van der Waals surface area contributed by atoms with E-state index in [0.29, 0.717) is 40.2 Å². The third kappa shape index (κ3) is 6.22. The maximum Gasteiger partial charge on any atom is 0.324 e. The Bertz CT molecular complexity index is 1400. The lowest BCUT2D eigenvalue weighted by Gasteiger charge is -2.19. The lowest BCUT2D eigenvalue weighted by Crippen LogP contribution is -2.33. The van der Waals surface area contributed by atoms with Crippen LogP contribution >= 0.6 is 0 Å². The molecule has 0 aliphatic rings. The van der Waals surface area contributed by atoms with Crippen molar-refractivity contribution < 1.29 is 18.7 Å². The highest BCUT2D eigenvalue weighted by atomic mass is 19.1. The number of nitrogens with two attached hydrogens (primary N) is 2. The first-order chi connectivity index (χ1) is 16.9. The zero-order valence-corrected chi connectivity index (χ0v) is 20.4. The third-order valence-corrected chi connectivity index (χ3v) is 5.74. The number of halogens is 2. The molecule has 36 heavy (non-hydrogen) atoms. The fourth-order valence-corrected chi connectivity index (χ4v) is 4.11. The molecular weight excluding hydrogens is 464 g/mol. The fraction of sp³-hybridized carbons (Fsp3) is 0.296. The Balaban J connectivity index is 2.16. The standard InChI is InChI=1S/C27H29F2N5O2/c1-4-10-27(3,36)11-9-20-5-6-22(21-7-8-24(31)34(16(21)2)26(32)35)25(33-20)23(30)14-17-12-18(28)15-19(29)13-17/h5-8,12-13,15,23,31,36H,4,10,14,30H2,1-3H3,(H2,32,35). The summed E-state index contributed by atoms with van der Waals surface area (Å²) in [6.07, 6.45) is 1.31. The number of hydrogen-bond donors (Lipinski definition) is 4. The molecule has 9 heteroatoms. The summed E-state index contributed by atoms with van der Waals surface area (Å²) < 4.78 is 28.6. The van der Waals surface area contributed by atoms with Crippen molar-refractivity contribution in [1.82, 2.24) is 9.55 Å². The minimum Gasteiger partial charge on any atom is -0.378 e. The number of rotatable bonds is 6. The summed E-state index contributed by atoms with van der Waals surface area (Å²) in [7, 11) is 0. The van der Waals surface area contributed by atoms with Crippen LogP contribution in [0.15, 0.2) is 42.5 Å². The van der Waals surface area contributed by atoms with E-state index in [2.05, 4.69) is 16.8 Å². The number of hydrogen-bond acceptors (Lipinski definition) is 5. The minimum absolute atomic E-state index is 0.0739. The summed E-state index contributed by atoms with van der Waals surface area (Å²) in [6, 6.07) is 8.06. The van der Waals surface area contributed by atoms with Crippen LogP contribution in [0.1, 0.15) is 55.4 Å². The molecule has 0 spiro atoms. The molecule has 1 amide bonds. The average Bonchev–Trinajstić information content (AvgIpc) is 2.77. The van der Waals surface area contributed by atoms with Gasteiger partial charge in [0.2, 0.25) is 0 Å². The number of primary amides is 1. The number of aromatic nitrogens is 2. The predicted octanol–water partition coefficient (Wildman–Crippen LogP) is 3.69. The molecule has 0 saturated heterocycles. The van der Waals surface area contributed by atoms with Crippen molar-refractivity contribution in [3.8, 4) is 23.0 Å². The summed E-state index contributed by atoms with van der Waals surface area (Å²) in [5.74, 6) is 4.27. The second-order valence-corrected chi connectivity index (χ2v) is 8.88. The molecular formula is C27H29F2N5O2. The van der Waals surface area contributed by atoms with E-state index in [0.717, 1.165) is 17.1 Å². The molecule has 2 aromatic heterocycles. The summed E-state index contributed by atoms with van der Waals surface area (Å²) in [5.41, 5.74) is 13.3. The fourth-order valence-electron chi connectivity index (χ4n) is 4.11. The van der Waals surface area contributed by atoms with E-state index in [1.807, 2.05) is 6.92 Å². The maximum atomic E-state index is 13.8. The van der Waals surface area contributed by atoms with Crippen molar-refractivity contribution in [2.75, 3.05) is 0 Å². The van der Waals surface area contributed by atoms with Gasteiger partial charge in [0.1, 0.15) is 28.4 Å². The molecule has 2 unspecified atom stereocenters. The van der Waals surface area contributed by atoms with Crippen LogP contribution in [-0.2, 0) is 6.42 Å². The van der Waals surface area contributed by atoms with Crippen molar-refractivity contribution in [1.29, 1.82) is 5.41 Å². The van der Waals surface area contributed by atoms with Gasteiger partial charge < -0.3 is 16.6 Å². The third-order valence-electron chi connectivity index (χ3n) is 5.74. The summed E-state index contributed by atoms with van der Waals surface area (Å²) in [4.78, 5) is 16.6. The van der Waals surface area contributed by atoms with Crippen LogP contribution in [-0.4, -0.2) is 26.3 Å². The topological polar surface area (TPSA) is 131 Å². The van der Waals surface area contributed by atoms with Gasteiger partial charge in [-0.25, -0.2) is 18.6 Å². The van der Waals surface area contributed by atoms with E-state index in [-0.39, 0.29) is 11.9 Å². The van der Waals surface area contributed by atoms with Crippen molar-refractivity contribution in [3.05, 3.63) is 82.2 Å². The van der Waals surface area contributed by atoms with Crippen LogP contribution in [0.5, 0.6) is 0 Å². The van der Waals surface area contributed by atoms with E-state index in [1.54, 1.807) is 32.0 Å². The van der Waals surface area contributed by atoms with Crippen LogP contribution in [0.4, 0.5) is 13.6 Å². The molecule has 7 nitrogen and oxygen atoms in total. The van der Waals surface area contributed by atoms with Gasteiger partial charge in [-0.2, -0.15) is 0 Å². The van der Waals surface area contributed by atoms with E-state index in [9.17, 15) is 18.7 Å². The van der Waals surface area contributed by atoms with Gasteiger partial charge in [-0.15, -0.1) is 0 Å². The number of carbonyl (C=O) groups excluding carboxylic acids is 1. The van der Waals surface area contributed by atoms with Gasteiger partial charge in [0.25, 0.3) is 0 Å². The quantitative estimate of drug-likeness (QED) is 0.390. The van der Waals surface area contributed by atoms with Crippen molar-refractivity contribution in [3.63, 3.8) is 0 Å². The largest absolute Gasteiger partial charge is 0.378 e. The van der Waals surface area contributed by atoms with Gasteiger partial charge >= 0.3 is 6.03 Å². The van der Waals surface area contributed by atoms with E-state index < -0.39 is 29.3 Å². The summed E-state index contributed by atoms with van der Waals surface area (Å²) in [6.45, 7) is 5.21. The number of carbonyl (C=O) groups is 1. The average molecular weight is 494 g/mol. The first-order valence-electron chi connectivity index (χ1n) is 11.5. The Labute approximate surface area is 208 Å². The monoisotopic (exact) mass is 493 g/mol. The van der Waals surface area contributed by atoms with Gasteiger partial charge in [-0.05, 0) is 74.6 Å². The zero-order chi connectivity index (χ0) is 26.6. The van der Waals surface area contributed by atoms with Gasteiger partial charge in [-0.3, -0.25) is 9.98 Å². The van der Waals surface area contributed by atoms with Crippen LogP contribution in [0, 0.1) is 35.8 Å². The molecule has 0 saturated carbocycles. The van der Waals surface area contributed by atoms with Crippen LogP contribution < -0.4 is 17.0 Å². The number of pyridine rings is 2. The van der Waals surface area contributed by atoms with Crippen LogP contribution in [0.25, 0.3) is 11.1 Å². The predicted molar refractivity (Wildman–Crippen MR) is 133 cm³/mol. The lowest BCUT2D eigenvalue weighted by molar-refractivity contribution is 0.111. The Kier molecular flexibility index (Phi) is 8.03. The summed E-state index contributed by atoms with van der Waals surface area (Å²) >= 11 is 0. The number of aliphatic hydroxyl groups is 1. The Morgan fingerprint density at radius 1 is 1.19 bits per heavy atom. The van der Waals surface area contributed by atoms with Crippen molar-refractivity contribution in [2.24, 2.45) is 11.5 Å². The molecule has 6 N–H and O–H groups in total. The molecule has 0 aliphatic carbocycles. The van der Waals surface area contributed by atoms with Gasteiger partial charge in [-0.1, -0.05) is 19.3 Å². The van der Waals surface area contributed by atoms with Gasteiger partial charge in [0.05, 0.1) is 11.7 Å². The molecule has 2 heterocycles. The zero-order valence-electron chi connectivity index (χ0n) is 20.4. The number of amides is 1. The molecule has 3 aromatic rings. The van der Waals surface area contributed by atoms with Crippen LogP contribution in [0.3, 0.4) is 0 Å². The van der Waals surface area contributed by atoms with Crippen LogP contribution in [0.2, 0.25) is 0 Å². The Morgan fingerprint density at radius 3 is 2.44 bits per heavy atom. The van der Waals surface area contributed by atoms with Gasteiger partial charge in [0, 0.05) is 22.9 Å². The van der Waals surface area contributed by atoms with Gasteiger partial charge in [0.15, 0.2) is 0 Å². The smallest absolute Gasteiger partial charge is 0.324 e. The normalized spacial score (nSPS) is 13.4. The highest BCUT2D eigenvalue weighted by Gasteiger charge is 2.20. The molecule has 0 aliphatic heterocycles. The summed E-state index contributed by atoms with van der Waals surface area (Å²) in [5, 5.41) is 18.4. The SMILES string of the molecule is CCCC(C)(O)C#Cc1ccc(-c2ccc(=N)n(C(N)=O)c2C)c(C(N)Cc2cc(F)cc(F)c2)n1. The maximum absolute atomic E-state index is 13.8. The lowest BCUT2D eigenvalue weighted by atomic mass is 9.94. The number of nitrogens with one attached hydrogen (secondary N) is 1. The number of nitrogens with zero attached hydrogens (tertiary/aromatic N) is 2. The molecule has 188 valence electrons. The molecule has 3 rings (SSSR count). The van der Waals surface area contributed by atoms with Crippen molar-refractivity contribution in [2.45, 2.75) is 51.7 Å². The van der Waals surface area contributed by atoms with Crippen molar-refractivity contribution >= 4 is 6.03 Å². The first kappa shape index (κ1) is 26.7. The Morgan fingerprint density at radius 2 is 1.83 bits per heavy atom. The Hall–Kier alpha value is -3.87. The molecule has 0 fully saturated rings. The highest BCUT2D eigenvalue weighted by molar-refractivity contribution is 5.79. The first-order valence-corrected chi connectivity index (χ1v) is 11.5. The highest BCUT2D eigenvalue weighted by Crippen LogP contribution is 2.30. The molecule has 0 bridgehead atoms. The minimum atomic E-state index is -1.19. The second kappa shape index (κ2) is 10.8. The van der Waals surface area contributed by atoms with E-state index in [1.165, 1.54) is 18.2 Å². The number of benzene rings is 1. The van der Waals surface area contributed by atoms with E-state index in [4.69, 9.17) is 16.9 Å². The second-order valence-electron chi connectivity index (χ2n) is 8.88. The molecule has 0 radical (unpaired) electrons. The molecule has 2 atom stereocenters. The molecule has 1 aromatic carbocycles.